The molecule has 1 spiro atoms. The van der Waals surface area contributed by atoms with E-state index in [1.807, 2.05) is 0 Å². The fraction of sp³-hybridized carbons (Fsp3) is 1.00. The molecule has 2 N–H and O–H groups in total. The van der Waals surface area contributed by atoms with E-state index in [1.165, 1.54) is 32.2 Å². The standard InChI is InChI=1S/C17H30NO2/c1-11-6-12-7-16(20)15-8-13(19)10-18(2)5-3-4-14(12)17(15,18)9-11/h11-16,19-20H,3-10H2,1-2H3/q+1/t11-,12+,13+,14-,15+,16-,17-,18+/m1/s1. The van der Waals surface area contributed by atoms with Gasteiger partial charge in [-0.1, -0.05) is 6.92 Å². The molecule has 0 aromatic carbocycles. The molecule has 4 fully saturated rings. The van der Waals surface area contributed by atoms with Crippen molar-refractivity contribution in [1.29, 1.82) is 0 Å². The lowest BCUT2D eigenvalue weighted by Crippen LogP contribution is -2.80. The van der Waals surface area contributed by atoms with E-state index < -0.39 is 0 Å². The molecule has 4 aliphatic rings. The molecule has 2 heterocycles. The largest absolute Gasteiger partial charge is 0.393 e. The van der Waals surface area contributed by atoms with E-state index in [0.29, 0.717) is 5.92 Å². The average molecular weight is 280 g/mol. The minimum atomic E-state index is -0.210. The van der Waals surface area contributed by atoms with E-state index in [4.69, 9.17) is 0 Å². The predicted molar refractivity (Wildman–Crippen MR) is 78.0 cm³/mol. The molecule has 0 unspecified atom stereocenters. The summed E-state index contributed by atoms with van der Waals surface area (Å²) in [5.74, 6) is 2.66. The molecular formula is C17H30NO2+. The Kier molecular flexibility index (Phi) is 2.85. The van der Waals surface area contributed by atoms with Gasteiger partial charge in [0.1, 0.15) is 18.2 Å². The second kappa shape index (κ2) is 4.21. The Bertz CT molecular complexity index is 414. The summed E-state index contributed by atoms with van der Waals surface area (Å²) >= 11 is 0. The molecule has 2 saturated carbocycles. The highest BCUT2D eigenvalue weighted by Crippen LogP contribution is 2.62. The lowest BCUT2D eigenvalue weighted by molar-refractivity contribution is -0.986. The van der Waals surface area contributed by atoms with Crippen LogP contribution in [-0.2, 0) is 0 Å². The van der Waals surface area contributed by atoms with Gasteiger partial charge in [-0.2, -0.15) is 0 Å². The van der Waals surface area contributed by atoms with Crippen LogP contribution in [0.15, 0.2) is 0 Å². The van der Waals surface area contributed by atoms with Gasteiger partial charge in [-0.05, 0) is 43.9 Å². The normalized spacial score (nSPS) is 61.8. The molecule has 2 bridgehead atoms. The highest BCUT2D eigenvalue weighted by Gasteiger charge is 2.69. The van der Waals surface area contributed by atoms with Gasteiger partial charge in [0.15, 0.2) is 0 Å². The van der Waals surface area contributed by atoms with Crippen LogP contribution >= 0.6 is 0 Å². The smallest absolute Gasteiger partial charge is 0.108 e. The Balaban J connectivity index is 1.85. The molecule has 0 aromatic rings. The summed E-state index contributed by atoms with van der Waals surface area (Å²) in [5.41, 5.74) is 0.275. The van der Waals surface area contributed by atoms with Crippen molar-refractivity contribution >= 4 is 0 Å². The molecule has 3 heteroatoms. The zero-order valence-electron chi connectivity index (χ0n) is 13.0. The van der Waals surface area contributed by atoms with Crippen LogP contribution in [0.4, 0.5) is 0 Å². The Hall–Kier alpha value is -0.120. The minimum Gasteiger partial charge on any atom is -0.393 e. The Morgan fingerprint density at radius 2 is 1.90 bits per heavy atom. The molecule has 0 amide bonds. The number of rotatable bonds is 0. The second-order valence-electron chi connectivity index (χ2n) is 8.65. The fourth-order valence-corrected chi connectivity index (χ4v) is 7.21. The molecule has 20 heavy (non-hydrogen) atoms. The van der Waals surface area contributed by atoms with Crippen molar-refractivity contribution in [3.63, 3.8) is 0 Å². The molecule has 114 valence electrons. The number of nitrogens with zero attached hydrogens (tertiary/aromatic N) is 1. The van der Waals surface area contributed by atoms with Crippen LogP contribution in [-0.4, -0.2) is 52.6 Å². The van der Waals surface area contributed by atoms with Crippen LogP contribution in [0.3, 0.4) is 0 Å². The van der Waals surface area contributed by atoms with Crippen molar-refractivity contribution in [2.75, 3.05) is 20.1 Å². The molecule has 0 aromatic heterocycles. The fourth-order valence-electron chi connectivity index (χ4n) is 7.21. The summed E-state index contributed by atoms with van der Waals surface area (Å²) < 4.78 is 1.04. The molecule has 0 radical (unpaired) electrons. The maximum atomic E-state index is 10.8. The Morgan fingerprint density at radius 1 is 1.10 bits per heavy atom. The number of likely N-dealkylation sites (N-methyl/N-ethyl adjacent to an activating group) is 1. The van der Waals surface area contributed by atoms with Gasteiger partial charge in [-0.3, -0.25) is 0 Å². The van der Waals surface area contributed by atoms with Crippen LogP contribution in [0.2, 0.25) is 0 Å². The van der Waals surface area contributed by atoms with Crippen molar-refractivity contribution < 1.29 is 14.7 Å². The van der Waals surface area contributed by atoms with E-state index in [9.17, 15) is 10.2 Å². The lowest BCUT2D eigenvalue weighted by Gasteiger charge is -2.70. The van der Waals surface area contributed by atoms with Crippen LogP contribution in [0.25, 0.3) is 0 Å². The van der Waals surface area contributed by atoms with Crippen molar-refractivity contribution in [2.24, 2.45) is 23.7 Å². The van der Waals surface area contributed by atoms with Gasteiger partial charge in [-0.25, -0.2) is 0 Å². The summed E-state index contributed by atoms with van der Waals surface area (Å²) in [4.78, 5) is 0. The van der Waals surface area contributed by atoms with E-state index in [1.54, 1.807) is 0 Å². The first kappa shape index (κ1) is 13.5. The molecule has 2 aliphatic heterocycles. The Labute approximate surface area is 122 Å². The van der Waals surface area contributed by atoms with Gasteiger partial charge in [0, 0.05) is 18.3 Å². The maximum Gasteiger partial charge on any atom is 0.108 e. The van der Waals surface area contributed by atoms with Gasteiger partial charge in [0.25, 0.3) is 0 Å². The topological polar surface area (TPSA) is 40.5 Å². The third-order valence-corrected chi connectivity index (χ3v) is 7.55. The van der Waals surface area contributed by atoms with Crippen LogP contribution < -0.4 is 0 Å². The van der Waals surface area contributed by atoms with Gasteiger partial charge in [0.05, 0.1) is 19.7 Å². The molecular weight excluding hydrogens is 250 g/mol. The highest BCUT2D eigenvalue weighted by molar-refractivity contribution is 5.11. The van der Waals surface area contributed by atoms with Crippen molar-refractivity contribution in [3.8, 4) is 0 Å². The van der Waals surface area contributed by atoms with Gasteiger partial charge < -0.3 is 14.7 Å². The summed E-state index contributed by atoms with van der Waals surface area (Å²) in [5, 5.41) is 21.1. The first-order chi connectivity index (χ1) is 9.46. The summed E-state index contributed by atoms with van der Waals surface area (Å²) in [7, 11) is 2.38. The zero-order chi connectivity index (χ0) is 14.1. The molecule has 2 saturated heterocycles. The van der Waals surface area contributed by atoms with Crippen molar-refractivity contribution in [1.82, 2.24) is 0 Å². The van der Waals surface area contributed by atoms with E-state index in [2.05, 4.69) is 14.0 Å². The van der Waals surface area contributed by atoms with Gasteiger partial charge in [0.2, 0.25) is 0 Å². The average Bonchev–Trinajstić information content (AvgIpc) is 2.34. The monoisotopic (exact) mass is 280 g/mol. The molecule has 8 atom stereocenters. The minimum absolute atomic E-state index is 0.172. The van der Waals surface area contributed by atoms with E-state index in [-0.39, 0.29) is 17.7 Å². The summed E-state index contributed by atoms with van der Waals surface area (Å²) in [6.45, 7) is 4.53. The lowest BCUT2D eigenvalue weighted by atomic mass is 9.47. The van der Waals surface area contributed by atoms with Gasteiger partial charge in [-0.15, -0.1) is 0 Å². The number of hydrogen-bond acceptors (Lipinski definition) is 2. The molecule has 2 aliphatic carbocycles. The number of hydrogen-bond donors (Lipinski definition) is 2. The first-order valence-corrected chi connectivity index (χ1v) is 8.67. The summed E-state index contributed by atoms with van der Waals surface area (Å²) in [6, 6.07) is 0. The third-order valence-electron chi connectivity index (χ3n) is 7.55. The maximum absolute atomic E-state index is 10.8. The van der Waals surface area contributed by atoms with Crippen LogP contribution in [0.5, 0.6) is 0 Å². The number of aliphatic hydroxyl groups is 2. The van der Waals surface area contributed by atoms with Crippen LogP contribution in [0.1, 0.15) is 45.4 Å². The van der Waals surface area contributed by atoms with Crippen molar-refractivity contribution in [3.05, 3.63) is 0 Å². The van der Waals surface area contributed by atoms with E-state index in [0.717, 1.165) is 41.6 Å². The first-order valence-electron chi connectivity index (χ1n) is 8.67. The molecule has 3 nitrogen and oxygen atoms in total. The van der Waals surface area contributed by atoms with Crippen LogP contribution in [0, 0.1) is 23.7 Å². The zero-order valence-corrected chi connectivity index (χ0v) is 13.0. The quantitative estimate of drug-likeness (QED) is 0.664. The molecule has 4 rings (SSSR count). The number of aliphatic hydroxyl groups excluding tert-OH is 2. The SMILES string of the molecule is C[C@@H]1C[C@H]2C[C@@H](O)[C@@H]3C[C@H](O)C[N@+]4(C)CCC[C@H]2[C@]34C1. The summed E-state index contributed by atoms with van der Waals surface area (Å²) in [6.07, 6.45) is 6.72. The van der Waals surface area contributed by atoms with Gasteiger partial charge >= 0.3 is 0 Å². The predicted octanol–water partition coefficient (Wildman–Crippen LogP) is 1.77. The third kappa shape index (κ3) is 1.52. The number of piperidine rings is 2. The Morgan fingerprint density at radius 3 is 2.70 bits per heavy atom. The second-order valence-corrected chi connectivity index (χ2v) is 8.65. The number of quaternary nitrogens is 1. The van der Waals surface area contributed by atoms with Crippen molar-refractivity contribution in [2.45, 2.75) is 63.2 Å². The van der Waals surface area contributed by atoms with E-state index >= 15 is 0 Å². The highest BCUT2D eigenvalue weighted by atomic mass is 16.3.